The van der Waals surface area contributed by atoms with E-state index in [1.807, 2.05) is 6.92 Å². The van der Waals surface area contributed by atoms with Crippen LogP contribution in [0.3, 0.4) is 0 Å². The van der Waals surface area contributed by atoms with Crippen LogP contribution in [0.5, 0.6) is 0 Å². The molecular weight excluding hydrogens is 260 g/mol. The molecule has 1 fully saturated rings. The number of rotatable bonds is 4. The third kappa shape index (κ3) is 3.74. The van der Waals surface area contributed by atoms with E-state index in [4.69, 9.17) is 5.11 Å². The Balaban J connectivity index is 1.85. The molecule has 1 aliphatic rings. The molecular formula is C13H18N4O3. The molecule has 1 saturated heterocycles. The van der Waals surface area contributed by atoms with Gasteiger partial charge >= 0.3 is 5.97 Å². The Hall–Kier alpha value is -2.02. The molecule has 2 rings (SSSR count). The molecule has 1 aromatic rings. The number of nitrogens with zero attached hydrogens (tertiary/aromatic N) is 4. The van der Waals surface area contributed by atoms with Gasteiger partial charge in [0.25, 0.3) is 5.91 Å². The second-order valence-electron chi connectivity index (χ2n) is 4.82. The number of hydrogen-bond acceptors (Lipinski definition) is 5. The van der Waals surface area contributed by atoms with Gasteiger partial charge < -0.3 is 10.0 Å². The number of aromatic nitrogens is 2. The van der Waals surface area contributed by atoms with Crippen molar-refractivity contribution in [1.82, 2.24) is 19.8 Å². The van der Waals surface area contributed by atoms with Crippen molar-refractivity contribution in [3.8, 4) is 0 Å². The highest BCUT2D eigenvalue weighted by atomic mass is 16.4. The van der Waals surface area contributed by atoms with Crippen LogP contribution in [-0.2, 0) is 4.79 Å². The van der Waals surface area contributed by atoms with Crippen molar-refractivity contribution < 1.29 is 14.7 Å². The number of carbonyl (C=O) groups excluding carboxylic acids is 1. The van der Waals surface area contributed by atoms with E-state index in [2.05, 4.69) is 14.9 Å². The molecule has 0 bridgehead atoms. The number of carboxylic acids is 1. The van der Waals surface area contributed by atoms with E-state index >= 15 is 0 Å². The summed E-state index contributed by atoms with van der Waals surface area (Å²) in [5.74, 6) is -0.908. The van der Waals surface area contributed by atoms with E-state index in [0.717, 1.165) is 5.69 Å². The van der Waals surface area contributed by atoms with Crippen LogP contribution in [0.4, 0.5) is 0 Å². The highest BCUT2D eigenvalue weighted by Crippen LogP contribution is 2.07. The smallest absolute Gasteiger partial charge is 0.304 e. The van der Waals surface area contributed by atoms with E-state index < -0.39 is 5.97 Å². The van der Waals surface area contributed by atoms with Gasteiger partial charge in [-0.1, -0.05) is 0 Å². The first-order valence-corrected chi connectivity index (χ1v) is 6.58. The monoisotopic (exact) mass is 278 g/mol. The molecule has 0 radical (unpaired) electrons. The Kier molecular flexibility index (Phi) is 4.62. The second kappa shape index (κ2) is 6.42. The van der Waals surface area contributed by atoms with Crippen LogP contribution in [0.1, 0.15) is 22.6 Å². The third-order valence-electron chi connectivity index (χ3n) is 3.30. The second-order valence-corrected chi connectivity index (χ2v) is 4.82. The zero-order valence-electron chi connectivity index (χ0n) is 11.4. The molecule has 1 N–H and O–H groups in total. The number of amides is 1. The lowest BCUT2D eigenvalue weighted by Gasteiger charge is -2.34. The molecule has 2 heterocycles. The van der Waals surface area contributed by atoms with Crippen LogP contribution in [0, 0.1) is 6.92 Å². The topological polar surface area (TPSA) is 86.6 Å². The molecule has 1 aliphatic heterocycles. The third-order valence-corrected chi connectivity index (χ3v) is 3.30. The lowest BCUT2D eigenvalue weighted by atomic mass is 10.2. The SMILES string of the molecule is Cc1cnc(C(=O)N2CCN(CCC(=O)O)CC2)cn1. The molecule has 0 aromatic carbocycles. The standard InChI is InChI=1S/C13H18N4O3/c1-10-8-15-11(9-14-10)13(20)17-6-4-16(5-7-17)3-2-12(18)19/h8-9H,2-7H2,1H3,(H,18,19). The van der Waals surface area contributed by atoms with Gasteiger partial charge in [0.15, 0.2) is 0 Å². The van der Waals surface area contributed by atoms with Crippen LogP contribution >= 0.6 is 0 Å². The van der Waals surface area contributed by atoms with Gasteiger partial charge in [0.05, 0.1) is 18.3 Å². The van der Waals surface area contributed by atoms with E-state index in [1.165, 1.54) is 6.20 Å². The largest absolute Gasteiger partial charge is 0.481 e. The minimum atomic E-state index is -0.793. The number of aliphatic carboxylic acids is 1. The average molecular weight is 278 g/mol. The summed E-state index contributed by atoms with van der Waals surface area (Å²) in [7, 11) is 0. The van der Waals surface area contributed by atoms with Gasteiger partial charge in [0.1, 0.15) is 5.69 Å². The maximum Gasteiger partial charge on any atom is 0.304 e. The molecule has 0 saturated carbocycles. The van der Waals surface area contributed by atoms with Gasteiger partial charge in [0, 0.05) is 38.9 Å². The molecule has 7 nitrogen and oxygen atoms in total. The van der Waals surface area contributed by atoms with Crippen molar-refractivity contribution in [2.75, 3.05) is 32.7 Å². The van der Waals surface area contributed by atoms with Gasteiger partial charge in [-0.2, -0.15) is 0 Å². The van der Waals surface area contributed by atoms with Gasteiger partial charge in [-0.25, -0.2) is 4.98 Å². The van der Waals surface area contributed by atoms with Crippen molar-refractivity contribution in [2.45, 2.75) is 13.3 Å². The van der Waals surface area contributed by atoms with E-state index in [0.29, 0.717) is 38.4 Å². The molecule has 20 heavy (non-hydrogen) atoms. The van der Waals surface area contributed by atoms with Crippen molar-refractivity contribution in [2.24, 2.45) is 0 Å². The van der Waals surface area contributed by atoms with Gasteiger partial charge in [0.2, 0.25) is 0 Å². The summed E-state index contributed by atoms with van der Waals surface area (Å²) in [4.78, 5) is 34.7. The number of piperazine rings is 1. The number of carbonyl (C=O) groups is 2. The molecule has 0 spiro atoms. The lowest BCUT2D eigenvalue weighted by molar-refractivity contribution is -0.137. The van der Waals surface area contributed by atoms with E-state index in [-0.39, 0.29) is 12.3 Å². The zero-order valence-corrected chi connectivity index (χ0v) is 11.4. The number of carboxylic acid groups (broad SMARTS) is 1. The van der Waals surface area contributed by atoms with Gasteiger partial charge in [-0.3, -0.25) is 19.5 Å². The van der Waals surface area contributed by atoms with Crippen molar-refractivity contribution in [1.29, 1.82) is 0 Å². The Bertz CT molecular complexity index is 481. The quantitative estimate of drug-likeness (QED) is 0.835. The highest BCUT2D eigenvalue weighted by Gasteiger charge is 2.23. The highest BCUT2D eigenvalue weighted by molar-refractivity contribution is 5.92. The number of hydrogen-bond donors (Lipinski definition) is 1. The fraction of sp³-hybridized carbons (Fsp3) is 0.538. The summed E-state index contributed by atoms with van der Waals surface area (Å²) in [5.41, 5.74) is 1.13. The summed E-state index contributed by atoms with van der Waals surface area (Å²) in [6.07, 6.45) is 3.21. The van der Waals surface area contributed by atoms with Crippen LogP contribution in [-0.4, -0.2) is 69.5 Å². The maximum atomic E-state index is 12.2. The van der Waals surface area contributed by atoms with Crippen molar-refractivity contribution >= 4 is 11.9 Å². The minimum absolute atomic E-state index is 0.115. The van der Waals surface area contributed by atoms with Gasteiger partial charge in [-0.05, 0) is 6.92 Å². The van der Waals surface area contributed by atoms with Crippen molar-refractivity contribution in [3.63, 3.8) is 0 Å². The predicted octanol–water partition coefficient (Wildman–Crippen LogP) is 0.0175. The molecule has 0 aliphatic carbocycles. The molecule has 0 atom stereocenters. The molecule has 1 aromatic heterocycles. The van der Waals surface area contributed by atoms with Crippen LogP contribution in [0.2, 0.25) is 0 Å². The van der Waals surface area contributed by atoms with Crippen LogP contribution in [0.25, 0.3) is 0 Å². The number of aryl methyl sites for hydroxylation is 1. The first kappa shape index (κ1) is 14.4. The van der Waals surface area contributed by atoms with E-state index in [9.17, 15) is 9.59 Å². The predicted molar refractivity (Wildman–Crippen MR) is 71.4 cm³/mol. The summed E-state index contributed by atoms with van der Waals surface area (Å²) in [5, 5.41) is 8.65. The molecule has 7 heteroatoms. The first-order chi connectivity index (χ1) is 9.56. The summed E-state index contributed by atoms with van der Waals surface area (Å²) in [6, 6.07) is 0. The van der Waals surface area contributed by atoms with Crippen LogP contribution < -0.4 is 0 Å². The van der Waals surface area contributed by atoms with Crippen LogP contribution in [0.15, 0.2) is 12.4 Å². The molecule has 0 unspecified atom stereocenters. The Labute approximate surface area is 117 Å². The first-order valence-electron chi connectivity index (χ1n) is 6.58. The molecule has 108 valence electrons. The fourth-order valence-corrected chi connectivity index (χ4v) is 2.09. The maximum absolute atomic E-state index is 12.2. The Morgan fingerprint density at radius 3 is 2.45 bits per heavy atom. The lowest BCUT2D eigenvalue weighted by Crippen LogP contribution is -2.49. The summed E-state index contributed by atoms with van der Waals surface area (Å²) in [6.45, 7) is 4.92. The Morgan fingerprint density at radius 1 is 1.20 bits per heavy atom. The fourth-order valence-electron chi connectivity index (χ4n) is 2.09. The van der Waals surface area contributed by atoms with Crippen molar-refractivity contribution in [3.05, 3.63) is 23.8 Å². The van der Waals surface area contributed by atoms with Gasteiger partial charge in [-0.15, -0.1) is 0 Å². The van der Waals surface area contributed by atoms with E-state index in [1.54, 1.807) is 11.1 Å². The normalized spacial score (nSPS) is 16.1. The Morgan fingerprint density at radius 2 is 1.90 bits per heavy atom. The summed E-state index contributed by atoms with van der Waals surface area (Å²) >= 11 is 0. The molecule has 1 amide bonds. The zero-order chi connectivity index (χ0) is 14.5. The minimum Gasteiger partial charge on any atom is -0.481 e. The average Bonchev–Trinajstić information content (AvgIpc) is 2.46. The summed E-state index contributed by atoms with van der Waals surface area (Å²) < 4.78 is 0.